The second-order valence-electron chi connectivity index (χ2n) is 3.77. The highest BCUT2D eigenvalue weighted by Gasteiger charge is 2.14. The predicted molar refractivity (Wildman–Crippen MR) is 68.9 cm³/mol. The minimum atomic E-state index is -1.05. The molecule has 1 heterocycles. The number of nitrogens with zero attached hydrogens (tertiary/aromatic N) is 2. The molecule has 0 atom stereocenters. The maximum absolute atomic E-state index is 11.1. The van der Waals surface area contributed by atoms with Crippen molar-refractivity contribution in [2.75, 3.05) is 5.32 Å². The monoisotopic (exact) mass is 265 g/mol. The number of aryl methyl sites for hydroxylation is 1. The van der Waals surface area contributed by atoms with Crippen LogP contribution < -0.4 is 5.32 Å². The van der Waals surface area contributed by atoms with Gasteiger partial charge in [-0.25, -0.2) is 4.79 Å². The van der Waals surface area contributed by atoms with Gasteiger partial charge in [-0.2, -0.15) is 5.10 Å². The minimum Gasteiger partial charge on any atom is -0.478 e. The lowest BCUT2D eigenvalue weighted by molar-refractivity contribution is 0.0698. The summed E-state index contributed by atoms with van der Waals surface area (Å²) < 4.78 is 1.72. The summed E-state index contributed by atoms with van der Waals surface area (Å²) >= 11 is 5.88. The van der Waals surface area contributed by atoms with Crippen LogP contribution in [-0.4, -0.2) is 20.9 Å². The molecule has 1 aromatic heterocycles. The van der Waals surface area contributed by atoms with E-state index in [2.05, 4.69) is 10.4 Å². The second-order valence-corrected chi connectivity index (χ2v) is 4.17. The fourth-order valence-electron chi connectivity index (χ4n) is 1.65. The molecule has 0 aliphatic heterocycles. The fourth-order valence-corrected chi connectivity index (χ4v) is 1.90. The number of carbonyl (C=O) groups is 1. The zero-order valence-electron chi connectivity index (χ0n) is 9.72. The molecule has 0 fully saturated rings. The van der Waals surface area contributed by atoms with E-state index in [0.29, 0.717) is 12.2 Å². The van der Waals surface area contributed by atoms with Crippen molar-refractivity contribution in [3.8, 4) is 0 Å². The highest BCUT2D eigenvalue weighted by atomic mass is 35.5. The Morgan fingerprint density at radius 3 is 2.89 bits per heavy atom. The van der Waals surface area contributed by atoms with Crippen LogP contribution in [0.15, 0.2) is 30.5 Å². The van der Waals surface area contributed by atoms with E-state index >= 15 is 0 Å². The first-order valence-electron chi connectivity index (χ1n) is 5.32. The van der Waals surface area contributed by atoms with E-state index in [1.54, 1.807) is 29.1 Å². The molecule has 0 unspecified atom stereocenters. The Morgan fingerprint density at radius 2 is 2.28 bits per heavy atom. The summed E-state index contributed by atoms with van der Waals surface area (Å²) in [4.78, 5) is 11.1. The maximum atomic E-state index is 11.1. The lowest BCUT2D eigenvalue weighted by Gasteiger charge is -2.10. The quantitative estimate of drug-likeness (QED) is 0.891. The average molecular weight is 266 g/mol. The van der Waals surface area contributed by atoms with Crippen molar-refractivity contribution in [1.29, 1.82) is 0 Å². The molecule has 0 bridgehead atoms. The van der Waals surface area contributed by atoms with Crippen LogP contribution in [0, 0.1) is 0 Å². The van der Waals surface area contributed by atoms with Crippen LogP contribution in [0.3, 0.4) is 0 Å². The second kappa shape index (κ2) is 5.10. The Balaban J connectivity index is 2.22. The lowest BCUT2D eigenvalue weighted by atomic mass is 10.1. The predicted octanol–water partition coefficient (Wildman–Crippen LogP) is 2.38. The van der Waals surface area contributed by atoms with E-state index in [-0.39, 0.29) is 10.6 Å². The summed E-state index contributed by atoms with van der Waals surface area (Å²) in [6, 6.07) is 6.81. The number of benzene rings is 1. The molecule has 2 aromatic rings. The van der Waals surface area contributed by atoms with Gasteiger partial charge < -0.3 is 10.4 Å². The van der Waals surface area contributed by atoms with Crippen LogP contribution in [0.5, 0.6) is 0 Å². The van der Waals surface area contributed by atoms with Gasteiger partial charge in [-0.3, -0.25) is 4.68 Å². The van der Waals surface area contributed by atoms with E-state index in [1.165, 1.54) is 0 Å². The smallest absolute Gasteiger partial charge is 0.339 e. The maximum Gasteiger partial charge on any atom is 0.339 e. The number of anilines is 1. The van der Waals surface area contributed by atoms with Gasteiger partial charge in [0, 0.05) is 13.2 Å². The Bertz CT molecular complexity index is 580. The van der Waals surface area contributed by atoms with E-state index in [1.807, 2.05) is 13.1 Å². The summed E-state index contributed by atoms with van der Waals surface area (Å²) in [7, 11) is 1.83. The molecule has 1 aromatic carbocycles. The highest BCUT2D eigenvalue weighted by Crippen LogP contribution is 2.24. The first-order valence-corrected chi connectivity index (χ1v) is 5.70. The van der Waals surface area contributed by atoms with Gasteiger partial charge in [0.15, 0.2) is 0 Å². The largest absolute Gasteiger partial charge is 0.478 e. The van der Waals surface area contributed by atoms with Crippen molar-refractivity contribution in [2.45, 2.75) is 6.54 Å². The number of aromatic nitrogens is 2. The third-order valence-corrected chi connectivity index (χ3v) is 2.92. The molecular weight excluding hydrogens is 254 g/mol. The van der Waals surface area contributed by atoms with Gasteiger partial charge in [-0.05, 0) is 18.2 Å². The molecule has 0 radical (unpaired) electrons. The number of carboxylic acids is 1. The van der Waals surface area contributed by atoms with Gasteiger partial charge in [0.2, 0.25) is 0 Å². The van der Waals surface area contributed by atoms with Crippen LogP contribution in [0.2, 0.25) is 5.02 Å². The number of hydrogen-bond donors (Lipinski definition) is 2. The molecule has 2 N–H and O–H groups in total. The summed E-state index contributed by atoms with van der Waals surface area (Å²) in [5.74, 6) is -1.05. The standard InChI is InChI=1S/C12H12ClN3O2/c1-16-8(5-6-15-16)7-14-10-4-2-3-9(13)11(10)12(17)18/h2-6,14H,7H2,1H3,(H,17,18). The third-order valence-electron chi connectivity index (χ3n) is 2.61. The number of rotatable bonds is 4. The van der Waals surface area contributed by atoms with Crippen molar-refractivity contribution >= 4 is 23.3 Å². The molecule has 0 saturated carbocycles. The molecule has 0 aliphatic carbocycles. The Kier molecular flexibility index (Phi) is 3.53. The summed E-state index contributed by atoms with van der Waals surface area (Å²) in [6.45, 7) is 0.483. The number of aromatic carboxylic acids is 1. The zero-order chi connectivity index (χ0) is 13.1. The lowest BCUT2D eigenvalue weighted by Crippen LogP contribution is -2.09. The molecule has 0 spiro atoms. The summed E-state index contributed by atoms with van der Waals surface area (Å²) in [6.07, 6.45) is 1.69. The number of hydrogen-bond acceptors (Lipinski definition) is 3. The Morgan fingerprint density at radius 1 is 1.50 bits per heavy atom. The van der Waals surface area contributed by atoms with Crippen molar-refractivity contribution in [3.63, 3.8) is 0 Å². The highest BCUT2D eigenvalue weighted by molar-refractivity contribution is 6.34. The van der Waals surface area contributed by atoms with E-state index < -0.39 is 5.97 Å². The first-order chi connectivity index (χ1) is 8.59. The molecule has 2 rings (SSSR count). The SMILES string of the molecule is Cn1nccc1CNc1cccc(Cl)c1C(=O)O. The van der Waals surface area contributed by atoms with Gasteiger partial charge in [0.1, 0.15) is 5.56 Å². The molecule has 94 valence electrons. The van der Waals surface area contributed by atoms with Crippen molar-refractivity contribution in [2.24, 2.45) is 7.05 Å². The van der Waals surface area contributed by atoms with Crippen molar-refractivity contribution < 1.29 is 9.90 Å². The van der Waals surface area contributed by atoms with Crippen molar-refractivity contribution in [3.05, 3.63) is 46.7 Å². The molecule has 0 amide bonds. The Hall–Kier alpha value is -2.01. The minimum absolute atomic E-state index is 0.0846. The van der Waals surface area contributed by atoms with Crippen LogP contribution >= 0.6 is 11.6 Å². The first kappa shape index (κ1) is 12.4. The van der Waals surface area contributed by atoms with Crippen molar-refractivity contribution in [1.82, 2.24) is 9.78 Å². The number of halogens is 1. The third kappa shape index (κ3) is 2.46. The van der Waals surface area contributed by atoms with Gasteiger partial charge >= 0.3 is 5.97 Å². The van der Waals surface area contributed by atoms with Crippen LogP contribution in [-0.2, 0) is 13.6 Å². The van der Waals surface area contributed by atoms with E-state index in [0.717, 1.165) is 5.69 Å². The van der Waals surface area contributed by atoms with Gasteiger partial charge in [0.25, 0.3) is 0 Å². The van der Waals surface area contributed by atoms with Gasteiger partial charge in [0.05, 0.1) is 22.9 Å². The normalized spacial score (nSPS) is 10.3. The van der Waals surface area contributed by atoms with Crippen LogP contribution in [0.1, 0.15) is 16.1 Å². The Labute approximate surface area is 109 Å². The fraction of sp³-hybridized carbons (Fsp3) is 0.167. The number of carboxylic acid groups (broad SMARTS) is 1. The van der Waals surface area contributed by atoms with E-state index in [4.69, 9.17) is 16.7 Å². The molecular formula is C12H12ClN3O2. The number of nitrogens with one attached hydrogen (secondary N) is 1. The average Bonchev–Trinajstić information content (AvgIpc) is 2.71. The topological polar surface area (TPSA) is 67.2 Å². The summed E-state index contributed by atoms with van der Waals surface area (Å²) in [5, 5.41) is 16.4. The van der Waals surface area contributed by atoms with Crippen LogP contribution in [0.4, 0.5) is 5.69 Å². The van der Waals surface area contributed by atoms with E-state index in [9.17, 15) is 4.79 Å². The van der Waals surface area contributed by atoms with Gasteiger partial charge in [-0.15, -0.1) is 0 Å². The molecule has 0 aliphatic rings. The molecule has 5 nitrogen and oxygen atoms in total. The molecule has 18 heavy (non-hydrogen) atoms. The molecule has 0 saturated heterocycles. The van der Waals surface area contributed by atoms with Gasteiger partial charge in [-0.1, -0.05) is 17.7 Å². The summed E-state index contributed by atoms with van der Waals surface area (Å²) in [5.41, 5.74) is 1.53. The molecule has 6 heteroatoms. The zero-order valence-corrected chi connectivity index (χ0v) is 10.5. The van der Waals surface area contributed by atoms with Crippen LogP contribution in [0.25, 0.3) is 0 Å².